The third kappa shape index (κ3) is 0.957. The largest absolute Gasteiger partial charge is 0.392 e. The van der Waals surface area contributed by atoms with E-state index in [1.807, 2.05) is 6.08 Å². The number of rotatable bonds is 1. The van der Waals surface area contributed by atoms with Gasteiger partial charge in [-0.25, -0.2) is 0 Å². The molecule has 12 heavy (non-hydrogen) atoms. The highest BCUT2D eigenvalue weighted by atomic mass is 16.2. The van der Waals surface area contributed by atoms with Crippen molar-refractivity contribution in [3.05, 3.63) is 11.6 Å². The summed E-state index contributed by atoms with van der Waals surface area (Å²) in [5.74, 6) is 1.74. The molecule has 0 spiro atoms. The minimum atomic E-state index is 0.229. The van der Waals surface area contributed by atoms with Crippen molar-refractivity contribution in [1.29, 1.82) is 0 Å². The lowest BCUT2D eigenvalue weighted by Gasteiger charge is -2.57. The first-order valence-electron chi connectivity index (χ1n) is 4.96. The number of aliphatic hydroxyl groups excluding tert-OH is 1. The van der Waals surface area contributed by atoms with Crippen LogP contribution in [0.5, 0.6) is 0 Å². The van der Waals surface area contributed by atoms with Gasteiger partial charge in [-0.1, -0.05) is 25.5 Å². The van der Waals surface area contributed by atoms with Gasteiger partial charge in [0.25, 0.3) is 0 Å². The lowest BCUT2D eigenvalue weighted by molar-refractivity contribution is -0.0282. The van der Waals surface area contributed by atoms with Gasteiger partial charge in [-0.05, 0) is 36.5 Å². The van der Waals surface area contributed by atoms with E-state index in [0.717, 1.165) is 11.8 Å². The summed E-state index contributed by atoms with van der Waals surface area (Å²) < 4.78 is 0. The molecule has 1 heteroatoms. The van der Waals surface area contributed by atoms with Gasteiger partial charge in [-0.2, -0.15) is 0 Å². The number of hydrogen-bond acceptors (Lipinski definition) is 1. The summed E-state index contributed by atoms with van der Waals surface area (Å²) in [5.41, 5.74) is 2.05. The van der Waals surface area contributed by atoms with Crippen LogP contribution in [-0.4, -0.2) is 11.7 Å². The lowest BCUT2D eigenvalue weighted by Crippen LogP contribution is -2.49. The molecular formula is C11H18O. The second-order valence-electron chi connectivity index (χ2n) is 4.81. The Bertz CT molecular complexity index is 213. The maximum Gasteiger partial charge on any atom is 0.0615 e. The molecule has 0 heterocycles. The normalized spacial score (nSPS) is 41.1. The van der Waals surface area contributed by atoms with Crippen LogP contribution in [0.4, 0.5) is 0 Å². The van der Waals surface area contributed by atoms with Crippen molar-refractivity contribution in [3.63, 3.8) is 0 Å². The highest BCUT2D eigenvalue weighted by Gasteiger charge is 2.51. The molecule has 1 N–H and O–H groups in total. The molecule has 3 rings (SSSR count). The Morgan fingerprint density at radius 3 is 2.83 bits per heavy atom. The summed E-state index contributed by atoms with van der Waals surface area (Å²) in [4.78, 5) is 0. The Kier molecular flexibility index (Phi) is 1.80. The van der Waals surface area contributed by atoms with Crippen molar-refractivity contribution in [2.45, 2.75) is 33.1 Å². The van der Waals surface area contributed by atoms with E-state index in [2.05, 4.69) is 13.8 Å². The molecule has 2 atom stereocenters. The summed E-state index contributed by atoms with van der Waals surface area (Å²) in [6.45, 7) is 4.97. The zero-order chi connectivity index (χ0) is 8.77. The molecule has 0 aromatic carbocycles. The van der Waals surface area contributed by atoms with E-state index in [4.69, 9.17) is 5.11 Å². The molecule has 0 radical (unpaired) electrons. The summed E-state index contributed by atoms with van der Waals surface area (Å²) in [6.07, 6.45) is 5.98. The van der Waals surface area contributed by atoms with Crippen LogP contribution in [0, 0.1) is 17.3 Å². The first-order valence-corrected chi connectivity index (χ1v) is 4.96. The highest BCUT2D eigenvalue weighted by Crippen LogP contribution is 2.61. The van der Waals surface area contributed by atoms with E-state index >= 15 is 0 Å². The van der Waals surface area contributed by atoms with Gasteiger partial charge in [0.2, 0.25) is 0 Å². The van der Waals surface area contributed by atoms with Crippen molar-refractivity contribution in [2.24, 2.45) is 17.3 Å². The van der Waals surface area contributed by atoms with Crippen molar-refractivity contribution in [1.82, 2.24) is 0 Å². The molecule has 2 bridgehead atoms. The van der Waals surface area contributed by atoms with Crippen molar-refractivity contribution >= 4 is 0 Å². The zero-order valence-corrected chi connectivity index (χ0v) is 8.01. The summed E-state index contributed by atoms with van der Waals surface area (Å²) >= 11 is 0. The van der Waals surface area contributed by atoms with Gasteiger partial charge in [0.05, 0.1) is 6.61 Å². The smallest absolute Gasteiger partial charge is 0.0615 e. The molecule has 2 unspecified atom stereocenters. The standard InChI is InChI=1S/C11H18O/c1-11(2)9-4-3-8(5-6-12)10(11)7-9/h5,9-10,12H,3-4,6-7H2,1-2H3/b8-5+. The molecule has 3 aliphatic carbocycles. The van der Waals surface area contributed by atoms with Crippen LogP contribution in [0.25, 0.3) is 0 Å². The Hall–Kier alpha value is -0.300. The predicted molar refractivity (Wildman–Crippen MR) is 49.8 cm³/mol. The Balaban J connectivity index is 2.16. The van der Waals surface area contributed by atoms with Crippen LogP contribution in [0.3, 0.4) is 0 Å². The zero-order valence-electron chi connectivity index (χ0n) is 8.01. The Morgan fingerprint density at radius 1 is 1.58 bits per heavy atom. The predicted octanol–water partition coefficient (Wildman–Crippen LogP) is 2.36. The lowest BCUT2D eigenvalue weighted by atomic mass is 9.47. The topological polar surface area (TPSA) is 20.2 Å². The molecule has 3 fully saturated rings. The minimum Gasteiger partial charge on any atom is -0.392 e. The monoisotopic (exact) mass is 166 g/mol. The molecule has 1 nitrogen and oxygen atoms in total. The molecule has 0 amide bonds. The van der Waals surface area contributed by atoms with Crippen LogP contribution in [0.1, 0.15) is 33.1 Å². The van der Waals surface area contributed by atoms with E-state index in [1.165, 1.54) is 24.8 Å². The fourth-order valence-electron chi connectivity index (χ4n) is 3.01. The molecule has 68 valence electrons. The molecule has 0 aromatic rings. The minimum absolute atomic E-state index is 0.229. The molecule has 0 saturated heterocycles. The summed E-state index contributed by atoms with van der Waals surface area (Å²) in [6, 6.07) is 0. The Labute approximate surface area is 74.5 Å². The number of hydrogen-bond donors (Lipinski definition) is 1. The highest BCUT2D eigenvalue weighted by molar-refractivity contribution is 5.21. The van der Waals surface area contributed by atoms with Gasteiger partial charge >= 0.3 is 0 Å². The van der Waals surface area contributed by atoms with E-state index in [1.54, 1.807) is 0 Å². The van der Waals surface area contributed by atoms with Crippen molar-refractivity contribution in [3.8, 4) is 0 Å². The van der Waals surface area contributed by atoms with Crippen molar-refractivity contribution in [2.75, 3.05) is 6.61 Å². The van der Waals surface area contributed by atoms with Crippen LogP contribution in [0.2, 0.25) is 0 Å². The van der Waals surface area contributed by atoms with Crippen LogP contribution >= 0.6 is 0 Å². The van der Waals surface area contributed by atoms with E-state index < -0.39 is 0 Å². The number of allylic oxidation sites excluding steroid dienone is 1. The molecule has 3 saturated carbocycles. The van der Waals surface area contributed by atoms with Gasteiger partial charge < -0.3 is 5.11 Å². The Morgan fingerprint density at radius 2 is 2.33 bits per heavy atom. The van der Waals surface area contributed by atoms with E-state index in [0.29, 0.717) is 5.41 Å². The van der Waals surface area contributed by atoms with E-state index in [9.17, 15) is 0 Å². The first kappa shape index (κ1) is 8.31. The summed E-state index contributed by atoms with van der Waals surface area (Å²) in [7, 11) is 0. The van der Waals surface area contributed by atoms with Gasteiger partial charge in [-0.15, -0.1) is 0 Å². The SMILES string of the molecule is CC1(C)C2CC/C(=C\CO)C1C2. The van der Waals surface area contributed by atoms with Crippen molar-refractivity contribution < 1.29 is 5.11 Å². The number of fused-ring (bicyclic) bond motifs is 2. The van der Waals surface area contributed by atoms with Gasteiger partial charge in [0.15, 0.2) is 0 Å². The maximum absolute atomic E-state index is 8.85. The van der Waals surface area contributed by atoms with Crippen LogP contribution < -0.4 is 0 Å². The second kappa shape index (κ2) is 2.59. The average molecular weight is 166 g/mol. The van der Waals surface area contributed by atoms with E-state index in [-0.39, 0.29) is 6.61 Å². The molecule has 3 aliphatic rings. The number of aliphatic hydroxyl groups is 1. The fourth-order valence-corrected chi connectivity index (χ4v) is 3.01. The first-order chi connectivity index (χ1) is 5.66. The quantitative estimate of drug-likeness (QED) is 0.593. The average Bonchev–Trinajstić information content (AvgIpc) is 2.05. The van der Waals surface area contributed by atoms with Crippen LogP contribution in [-0.2, 0) is 0 Å². The van der Waals surface area contributed by atoms with Gasteiger partial charge in [0.1, 0.15) is 0 Å². The second-order valence-corrected chi connectivity index (χ2v) is 4.81. The maximum atomic E-state index is 8.85. The fraction of sp³-hybridized carbons (Fsp3) is 0.818. The molecular weight excluding hydrogens is 148 g/mol. The molecule has 0 aliphatic heterocycles. The van der Waals surface area contributed by atoms with Gasteiger partial charge in [-0.3, -0.25) is 0 Å². The third-order valence-electron chi connectivity index (χ3n) is 4.05. The van der Waals surface area contributed by atoms with Crippen LogP contribution in [0.15, 0.2) is 11.6 Å². The summed E-state index contributed by atoms with van der Waals surface area (Å²) in [5, 5.41) is 8.85. The third-order valence-corrected chi connectivity index (χ3v) is 4.05. The van der Waals surface area contributed by atoms with Gasteiger partial charge in [0, 0.05) is 0 Å². The molecule has 0 aromatic heterocycles.